The summed E-state index contributed by atoms with van der Waals surface area (Å²) in [5.41, 5.74) is 0.953. The Hall–Kier alpha value is -1.77. The highest BCUT2D eigenvalue weighted by molar-refractivity contribution is 7.17. The molecule has 8 heteroatoms. The number of nitrogens with zero attached hydrogens (tertiary/aromatic N) is 4. The average molecular weight is 361 g/mol. The number of hydrogen-bond donors (Lipinski definition) is 1. The van der Waals surface area contributed by atoms with Crippen LogP contribution in [0, 0.1) is 0 Å². The monoisotopic (exact) mass is 361 g/mol. The Bertz CT molecular complexity index is 851. The molecule has 0 atom stereocenters. The van der Waals surface area contributed by atoms with Gasteiger partial charge in [-0.2, -0.15) is 0 Å². The third-order valence-corrected chi connectivity index (χ3v) is 6.26. The van der Waals surface area contributed by atoms with E-state index < -0.39 is 0 Å². The van der Waals surface area contributed by atoms with E-state index in [1.807, 2.05) is 0 Å². The molecule has 1 saturated heterocycles. The summed E-state index contributed by atoms with van der Waals surface area (Å²) in [6, 6.07) is 0. The van der Waals surface area contributed by atoms with E-state index in [-0.39, 0.29) is 17.0 Å². The molecule has 1 aliphatic heterocycles. The Morgan fingerprint density at radius 2 is 2.08 bits per heavy atom. The summed E-state index contributed by atoms with van der Waals surface area (Å²) in [6.45, 7) is 5.50. The van der Waals surface area contributed by atoms with Gasteiger partial charge in [-0.1, -0.05) is 0 Å². The van der Waals surface area contributed by atoms with Crippen molar-refractivity contribution in [1.82, 2.24) is 24.5 Å². The molecule has 3 heterocycles. The maximum atomic E-state index is 12.7. The van der Waals surface area contributed by atoms with E-state index in [9.17, 15) is 9.59 Å². The van der Waals surface area contributed by atoms with Crippen molar-refractivity contribution in [2.75, 3.05) is 46.3 Å². The first-order chi connectivity index (χ1) is 12.1. The molecular formula is C17H23N5O2S. The Morgan fingerprint density at radius 1 is 1.28 bits per heavy atom. The number of aromatic nitrogens is 2. The molecule has 7 nitrogen and oxygen atoms in total. The van der Waals surface area contributed by atoms with E-state index in [1.165, 1.54) is 11.1 Å². The number of carbonyl (C=O) groups excluding carboxylic acids is 1. The van der Waals surface area contributed by atoms with Crippen molar-refractivity contribution < 1.29 is 4.79 Å². The van der Waals surface area contributed by atoms with Gasteiger partial charge in [0.15, 0.2) is 4.96 Å². The minimum Gasteiger partial charge on any atom is -0.351 e. The van der Waals surface area contributed by atoms with Crippen LogP contribution in [0.1, 0.15) is 27.3 Å². The van der Waals surface area contributed by atoms with E-state index in [4.69, 9.17) is 0 Å². The number of nitrogens with one attached hydrogen (secondary N) is 1. The fourth-order valence-electron chi connectivity index (χ4n) is 3.56. The van der Waals surface area contributed by atoms with Crippen molar-refractivity contribution in [2.45, 2.75) is 19.3 Å². The molecule has 1 fully saturated rings. The Kier molecular flexibility index (Phi) is 4.58. The van der Waals surface area contributed by atoms with E-state index in [0.29, 0.717) is 11.5 Å². The molecule has 0 unspecified atom stereocenters. The first-order valence-corrected chi connectivity index (χ1v) is 9.66. The van der Waals surface area contributed by atoms with E-state index in [0.717, 1.165) is 57.7 Å². The number of thiazole rings is 1. The van der Waals surface area contributed by atoms with Gasteiger partial charge in [0.25, 0.3) is 11.5 Å². The lowest BCUT2D eigenvalue weighted by molar-refractivity contribution is 0.0939. The quantitative estimate of drug-likeness (QED) is 0.844. The van der Waals surface area contributed by atoms with Gasteiger partial charge in [-0.05, 0) is 26.3 Å². The lowest BCUT2D eigenvalue weighted by Gasteiger charge is -2.32. The van der Waals surface area contributed by atoms with Crippen molar-refractivity contribution in [3.05, 3.63) is 32.7 Å². The second-order valence-electron chi connectivity index (χ2n) is 6.82. The fourth-order valence-corrected chi connectivity index (χ4v) is 4.72. The van der Waals surface area contributed by atoms with Crippen molar-refractivity contribution in [3.63, 3.8) is 0 Å². The molecule has 0 spiro atoms. The normalized spacial score (nSPS) is 18.6. The summed E-state index contributed by atoms with van der Waals surface area (Å²) in [7, 11) is 2.12. The Morgan fingerprint density at radius 3 is 2.88 bits per heavy atom. The number of aryl methyl sites for hydroxylation is 2. The summed E-state index contributed by atoms with van der Waals surface area (Å²) in [6.07, 6.45) is 4.40. The maximum Gasteiger partial charge on any atom is 0.271 e. The van der Waals surface area contributed by atoms with Crippen LogP contribution in [0.5, 0.6) is 0 Å². The zero-order chi connectivity index (χ0) is 17.4. The summed E-state index contributed by atoms with van der Waals surface area (Å²) in [5.74, 6) is -0.320. The van der Waals surface area contributed by atoms with E-state index >= 15 is 0 Å². The van der Waals surface area contributed by atoms with Crippen LogP contribution in [0.4, 0.5) is 0 Å². The smallest absolute Gasteiger partial charge is 0.271 e. The molecule has 4 rings (SSSR count). The molecule has 25 heavy (non-hydrogen) atoms. The third kappa shape index (κ3) is 3.21. The van der Waals surface area contributed by atoms with Crippen LogP contribution >= 0.6 is 11.3 Å². The van der Waals surface area contributed by atoms with E-state index in [2.05, 4.69) is 27.1 Å². The topological polar surface area (TPSA) is 69.9 Å². The summed E-state index contributed by atoms with van der Waals surface area (Å²) < 4.78 is 1.64. The molecule has 134 valence electrons. The van der Waals surface area contributed by atoms with Crippen molar-refractivity contribution in [2.24, 2.45) is 0 Å². The zero-order valence-electron chi connectivity index (χ0n) is 14.5. The van der Waals surface area contributed by atoms with Crippen LogP contribution in [0.2, 0.25) is 0 Å². The van der Waals surface area contributed by atoms with Crippen LogP contribution in [0.25, 0.3) is 4.96 Å². The van der Waals surface area contributed by atoms with Gasteiger partial charge in [-0.15, -0.1) is 11.3 Å². The van der Waals surface area contributed by atoms with Crippen LogP contribution in [-0.2, 0) is 12.8 Å². The number of amides is 1. The van der Waals surface area contributed by atoms with E-state index in [1.54, 1.807) is 15.7 Å². The highest BCUT2D eigenvalue weighted by Crippen LogP contribution is 2.28. The van der Waals surface area contributed by atoms with Gasteiger partial charge in [-0.3, -0.25) is 18.9 Å². The molecule has 1 aliphatic carbocycles. The van der Waals surface area contributed by atoms with Crippen molar-refractivity contribution in [3.8, 4) is 0 Å². The molecule has 2 aliphatic rings. The largest absolute Gasteiger partial charge is 0.351 e. The molecule has 1 amide bonds. The molecular weight excluding hydrogens is 338 g/mol. The van der Waals surface area contributed by atoms with Crippen molar-refractivity contribution in [1.29, 1.82) is 0 Å². The predicted octanol–water partition coefficient (Wildman–Crippen LogP) is 0.222. The number of rotatable bonds is 4. The summed E-state index contributed by atoms with van der Waals surface area (Å²) in [5, 5.41) is 2.88. The molecule has 1 N–H and O–H groups in total. The molecule has 2 aromatic heterocycles. The second-order valence-corrected chi connectivity index (χ2v) is 7.88. The predicted molar refractivity (Wildman–Crippen MR) is 97.6 cm³/mol. The lowest BCUT2D eigenvalue weighted by atomic mass is 10.3. The summed E-state index contributed by atoms with van der Waals surface area (Å²) in [4.78, 5) is 36.1. The maximum absolute atomic E-state index is 12.7. The minimum atomic E-state index is -0.320. The number of piperazine rings is 1. The standard InChI is InChI=1S/C17H23N5O2S/c1-20-7-9-21(10-8-20)6-5-18-15(23)12-11-19-17-22(16(12)24)13-3-2-4-14(13)25-17/h11H,2-10H2,1H3,(H,18,23). The first-order valence-electron chi connectivity index (χ1n) is 8.85. The number of fused-ring (bicyclic) bond motifs is 3. The van der Waals surface area contributed by atoms with Gasteiger partial charge in [0.1, 0.15) is 5.56 Å². The second kappa shape index (κ2) is 6.86. The molecule has 2 aromatic rings. The highest BCUT2D eigenvalue weighted by atomic mass is 32.1. The number of hydrogen-bond acceptors (Lipinski definition) is 6. The van der Waals surface area contributed by atoms with Gasteiger partial charge < -0.3 is 10.2 Å². The van der Waals surface area contributed by atoms with Gasteiger partial charge in [0.2, 0.25) is 0 Å². The first kappa shape index (κ1) is 16.7. The van der Waals surface area contributed by atoms with Crippen LogP contribution in [0.3, 0.4) is 0 Å². The van der Waals surface area contributed by atoms with Crippen LogP contribution in [-0.4, -0.2) is 71.4 Å². The minimum absolute atomic E-state index is 0.142. The van der Waals surface area contributed by atoms with Crippen molar-refractivity contribution >= 4 is 22.2 Å². The summed E-state index contributed by atoms with van der Waals surface area (Å²) >= 11 is 1.57. The fraction of sp³-hybridized carbons (Fsp3) is 0.588. The Labute approximate surface area is 150 Å². The zero-order valence-corrected chi connectivity index (χ0v) is 15.3. The SMILES string of the molecule is CN1CCN(CCNC(=O)c2cnc3sc4c(n3c2=O)CCC4)CC1. The van der Waals surface area contributed by atoms with Crippen LogP contribution in [0.15, 0.2) is 11.0 Å². The Balaban J connectivity index is 1.43. The van der Waals surface area contributed by atoms with Gasteiger partial charge in [0, 0.05) is 56.0 Å². The molecule has 0 bridgehead atoms. The lowest BCUT2D eigenvalue weighted by Crippen LogP contribution is -2.47. The average Bonchev–Trinajstić information content (AvgIpc) is 3.17. The highest BCUT2D eigenvalue weighted by Gasteiger charge is 2.22. The number of likely N-dealkylation sites (N-methyl/N-ethyl adjacent to an activating group) is 1. The van der Waals surface area contributed by atoms with Gasteiger partial charge >= 0.3 is 0 Å². The molecule has 0 radical (unpaired) electrons. The van der Waals surface area contributed by atoms with Gasteiger partial charge in [0.05, 0.1) is 0 Å². The van der Waals surface area contributed by atoms with Crippen LogP contribution < -0.4 is 10.9 Å². The molecule has 0 saturated carbocycles. The van der Waals surface area contributed by atoms with Gasteiger partial charge in [-0.25, -0.2) is 4.98 Å². The molecule has 0 aromatic carbocycles. The third-order valence-electron chi connectivity index (χ3n) is 5.11. The number of carbonyl (C=O) groups is 1.